The van der Waals surface area contributed by atoms with Crippen molar-refractivity contribution >= 4 is 51.4 Å². The van der Waals surface area contributed by atoms with Crippen LogP contribution in [0.5, 0.6) is 11.5 Å². The summed E-state index contributed by atoms with van der Waals surface area (Å²) in [7, 11) is 1.43. The number of cyclic esters (lactones) is 1. The predicted molar refractivity (Wildman–Crippen MR) is 109 cm³/mol. The van der Waals surface area contributed by atoms with Gasteiger partial charge in [-0.1, -0.05) is 30.7 Å². The van der Waals surface area contributed by atoms with Crippen LogP contribution in [0.1, 0.15) is 24.5 Å². The molecule has 0 fully saturated rings. The van der Waals surface area contributed by atoms with Gasteiger partial charge in [0.05, 0.1) is 17.7 Å². The lowest BCUT2D eigenvalue weighted by atomic mass is 10.1. The molecule has 0 spiro atoms. The number of nitrogens with zero attached hydrogens (tertiary/aromatic N) is 1. The maximum absolute atomic E-state index is 12.2. The Balaban J connectivity index is 1.97. The van der Waals surface area contributed by atoms with Gasteiger partial charge in [0, 0.05) is 10.9 Å². The standard InChI is InChI=1S/C20H15BrClNO5/c1-3-17(24)27-18-14(22)8-11(10-16(18)26-2)9-15-20(25)28-19(23-15)12-6-4-5-7-13(12)21/h4-10H,3H2,1-2H3/b15-9-. The van der Waals surface area contributed by atoms with Crippen molar-refractivity contribution in [1.29, 1.82) is 0 Å². The number of carbonyl (C=O) groups excluding carboxylic acids is 2. The minimum Gasteiger partial charge on any atom is -0.493 e. The molecular weight excluding hydrogens is 450 g/mol. The van der Waals surface area contributed by atoms with E-state index in [2.05, 4.69) is 20.9 Å². The van der Waals surface area contributed by atoms with Crippen LogP contribution in [0.3, 0.4) is 0 Å². The highest BCUT2D eigenvalue weighted by Crippen LogP contribution is 2.37. The van der Waals surface area contributed by atoms with E-state index in [1.807, 2.05) is 18.2 Å². The lowest BCUT2D eigenvalue weighted by Gasteiger charge is -2.11. The Hall–Kier alpha value is -2.64. The summed E-state index contributed by atoms with van der Waals surface area (Å²) in [5, 5.41) is 0.175. The van der Waals surface area contributed by atoms with Crippen LogP contribution in [0.2, 0.25) is 5.02 Å². The summed E-state index contributed by atoms with van der Waals surface area (Å²) >= 11 is 9.64. The van der Waals surface area contributed by atoms with Crippen molar-refractivity contribution < 1.29 is 23.8 Å². The number of ether oxygens (including phenoxy) is 3. The number of hydrogen-bond donors (Lipinski definition) is 0. The fourth-order valence-corrected chi connectivity index (χ4v) is 3.14. The summed E-state index contributed by atoms with van der Waals surface area (Å²) in [6.07, 6.45) is 1.72. The van der Waals surface area contributed by atoms with Gasteiger partial charge in [-0.15, -0.1) is 0 Å². The summed E-state index contributed by atoms with van der Waals surface area (Å²) in [5.41, 5.74) is 1.32. The van der Waals surface area contributed by atoms with Gasteiger partial charge in [-0.25, -0.2) is 9.79 Å². The number of benzene rings is 2. The summed E-state index contributed by atoms with van der Waals surface area (Å²) in [6.45, 7) is 1.67. The van der Waals surface area contributed by atoms with Crippen molar-refractivity contribution in [2.45, 2.75) is 13.3 Å². The van der Waals surface area contributed by atoms with Gasteiger partial charge in [-0.3, -0.25) is 4.79 Å². The highest BCUT2D eigenvalue weighted by Gasteiger charge is 2.25. The lowest BCUT2D eigenvalue weighted by Crippen LogP contribution is -2.07. The SMILES string of the molecule is CCC(=O)Oc1c(Cl)cc(/C=C2\N=C(c3ccccc3Br)OC2=O)cc1OC. The third-order valence-corrected chi connectivity index (χ3v) is 4.76. The van der Waals surface area contributed by atoms with Gasteiger partial charge in [0.2, 0.25) is 5.90 Å². The molecule has 0 saturated heterocycles. The van der Waals surface area contributed by atoms with Crippen molar-refractivity contribution in [2.75, 3.05) is 7.11 Å². The number of hydrogen-bond acceptors (Lipinski definition) is 6. The van der Waals surface area contributed by atoms with E-state index < -0.39 is 11.9 Å². The minimum absolute atomic E-state index is 0.113. The smallest absolute Gasteiger partial charge is 0.363 e. The van der Waals surface area contributed by atoms with Crippen LogP contribution in [0.4, 0.5) is 0 Å². The highest BCUT2D eigenvalue weighted by atomic mass is 79.9. The van der Waals surface area contributed by atoms with Crippen molar-refractivity contribution in [1.82, 2.24) is 0 Å². The second kappa shape index (κ2) is 8.58. The number of rotatable bonds is 5. The Morgan fingerprint density at radius 3 is 2.75 bits per heavy atom. The molecule has 0 amide bonds. The first kappa shape index (κ1) is 20.1. The molecule has 0 unspecified atom stereocenters. The molecule has 8 heteroatoms. The Labute approximate surface area is 174 Å². The van der Waals surface area contributed by atoms with Gasteiger partial charge >= 0.3 is 11.9 Å². The Morgan fingerprint density at radius 2 is 2.07 bits per heavy atom. The normalized spacial score (nSPS) is 14.6. The largest absolute Gasteiger partial charge is 0.493 e. The average Bonchev–Trinajstić information content (AvgIpc) is 3.03. The average molecular weight is 465 g/mol. The van der Waals surface area contributed by atoms with Crippen LogP contribution < -0.4 is 9.47 Å². The number of aliphatic imine (C=N–C) groups is 1. The molecule has 0 saturated carbocycles. The molecule has 0 aliphatic carbocycles. The van der Waals surface area contributed by atoms with Crippen LogP contribution in [0, 0.1) is 0 Å². The lowest BCUT2D eigenvalue weighted by molar-refractivity contribution is -0.134. The van der Waals surface area contributed by atoms with E-state index in [1.54, 1.807) is 25.1 Å². The first-order valence-corrected chi connectivity index (χ1v) is 9.45. The molecule has 0 radical (unpaired) electrons. The molecule has 0 aromatic heterocycles. The van der Waals surface area contributed by atoms with Gasteiger partial charge in [0.25, 0.3) is 0 Å². The maximum Gasteiger partial charge on any atom is 0.363 e. The zero-order chi connectivity index (χ0) is 20.3. The van der Waals surface area contributed by atoms with E-state index in [9.17, 15) is 9.59 Å². The van der Waals surface area contributed by atoms with Crippen molar-refractivity contribution in [3.63, 3.8) is 0 Å². The number of methoxy groups -OCH3 is 1. The minimum atomic E-state index is -0.581. The van der Waals surface area contributed by atoms with E-state index in [1.165, 1.54) is 13.2 Å². The molecule has 1 aliphatic rings. The molecule has 6 nitrogen and oxygen atoms in total. The predicted octanol–water partition coefficient (Wildman–Crippen LogP) is 4.77. The molecule has 1 heterocycles. The van der Waals surface area contributed by atoms with Crippen LogP contribution in [0.25, 0.3) is 6.08 Å². The van der Waals surface area contributed by atoms with E-state index in [0.29, 0.717) is 11.1 Å². The topological polar surface area (TPSA) is 74.2 Å². The molecular formula is C20H15BrClNO5. The fraction of sp³-hybridized carbons (Fsp3) is 0.150. The number of carbonyl (C=O) groups is 2. The quantitative estimate of drug-likeness (QED) is 0.362. The van der Waals surface area contributed by atoms with Crippen molar-refractivity contribution in [3.8, 4) is 11.5 Å². The molecule has 2 aromatic rings. The van der Waals surface area contributed by atoms with Crippen LogP contribution in [-0.4, -0.2) is 24.9 Å². The highest BCUT2D eigenvalue weighted by molar-refractivity contribution is 9.10. The third-order valence-electron chi connectivity index (χ3n) is 3.78. The zero-order valence-corrected chi connectivity index (χ0v) is 17.3. The first-order chi connectivity index (χ1) is 13.4. The van der Waals surface area contributed by atoms with Crippen LogP contribution in [-0.2, 0) is 14.3 Å². The van der Waals surface area contributed by atoms with Gasteiger partial charge < -0.3 is 14.2 Å². The van der Waals surface area contributed by atoms with Crippen LogP contribution >= 0.6 is 27.5 Å². The zero-order valence-electron chi connectivity index (χ0n) is 15.0. The molecule has 0 atom stereocenters. The molecule has 144 valence electrons. The molecule has 28 heavy (non-hydrogen) atoms. The van der Waals surface area contributed by atoms with Crippen LogP contribution in [0.15, 0.2) is 51.6 Å². The monoisotopic (exact) mass is 463 g/mol. The second-order valence-corrected chi connectivity index (χ2v) is 6.94. The summed E-state index contributed by atoms with van der Waals surface area (Å²) < 4.78 is 16.5. The van der Waals surface area contributed by atoms with Gasteiger partial charge in [-0.2, -0.15) is 0 Å². The second-order valence-electron chi connectivity index (χ2n) is 5.68. The van der Waals surface area contributed by atoms with E-state index in [-0.39, 0.29) is 34.5 Å². The van der Waals surface area contributed by atoms with Gasteiger partial charge in [0.15, 0.2) is 17.2 Å². The Kier molecular flexibility index (Phi) is 6.16. The number of halogens is 2. The Bertz CT molecular complexity index is 1020. The molecule has 0 N–H and O–H groups in total. The first-order valence-electron chi connectivity index (χ1n) is 8.28. The van der Waals surface area contributed by atoms with Gasteiger partial charge in [-0.05, 0) is 51.8 Å². The van der Waals surface area contributed by atoms with E-state index in [0.717, 1.165) is 4.47 Å². The van der Waals surface area contributed by atoms with E-state index >= 15 is 0 Å². The third kappa shape index (κ3) is 4.26. The molecule has 2 aromatic carbocycles. The summed E-state index contributed by atoms with van der Waals surface area (Å²) in [5.74, 6) is -0.418. The fourth-order valence-electron chi connectivity index (χ4n) is 2.43. The number of esters is 2. The van der Waals surface area contributed by atoms with Gasteiger partial charge in [0.1, 0.15) is 0 Å². The summed E-state index contributed by atoms with van der Waals surface area (Å²) in [4.78, 5) is 28.1. The van der Waals surface area contributed by atoms with Crippen molar-refractivity contribution in [2.24, 2.45) is 4.99 Å². The molecule has 1 aliphatic heterocycles. The van der Waals surface area contributed by atoms with E-state index in [4.69, 9.17) is 25.8 Å². The molecule has 0 bridgehead atoms. The Morgan fingerprint density at radius 1 is 1.32 bits per heavy atom. The van der Waals surface area contributed by atoms with Crippen molar-refractivity contribution in [3.05, 3.63) is 62.7 Å². The maximum atomic E-state index is 12.2. The summed E-state index contributed by atoms with van der Waals surface area (Å²) in [6, 6.07) is 10.4. The molecule has 3 rings (SSSR count).